The lowest BCUT2D eigenvalue weighted by molar-refractivity contribution is -0.249. The third-order valence-corrected chi connectivity index (χ3v) is 6.38. The molecule has 3 aromatic heterocycles. The number of anilines is 1. The molecule has 37 heavy (non-hydrogen) atoms. The number of pyridine rings is 2. The maximum absolute atomic E-state index is 14.7. The minimum Gasteiger partial charge on any atom is -0.385 e. The summed E-state index contributed by atoms with van der Waals surface area (Å²) in [4.78, 5) is 25.3. The van der Waals surface area contributed by atoms with Gasteiger partial charge in [0.2, 0.25) is 5.60 Å². The Morgan fingerprint density at radius 1 is 1.30 bits per heavy atom. The first-order valence-corrected chi connectivity index (χ1v) is 11.4. The van der Waals surface area contributed by atoms with Crippen molar-refractivity contribution in [3.8, 4) is 0 Å². The average molecular weight is 543 g/mol. The zero-order valence-corrected chi connectivity index (χ0v) is 20.7. The highest BCUT2D eigenvalue weighted by atomic mass is 35.5. The Balaban J connectivity index is 1.62. The lowest BCUT2D eigenvalue weighted by Gasteiger charge is -2.40. The fraction of sp³-hybridized carbons (Fsp3) is 0.391. The minimum atomic E-state index is -4.83. The van der Waals surface area contributed by atoms with Crippen molar-refractivity contribution in [2.24, 2.45) is 10.7 Å². The number of carbonyl (C=O) groups excluding carboxylic acids is 1. The molecule has 1 amide bonds. The first-order valence-electron chi connectivity index (χ1n) is 11.0. The van der Waals surface area contributed by atoms with Gasteiger partial charge >= 0.3 is 6.18 Å². The van der Waals surface area contributed by atoms with E-state index in [1.807, 2.05) is 4.57 Å². The SMILES string of the molecule is COCCn1ccc2nc(C(=O)Nc3ccc(F)c([C@]4(C)CO[C@@](C)(C(F)(F)F)C(N)=N4)n3)c(Cl)cc21. The Bertz CT molecular complexity index is 1390. The van der Waals surface area contributed by atoms with Crippen LogP contribution in [0.2, 0.25) is 5.02 Å². The van der Waals surface area contributed by atoms with E-state index in [1.54, 1.807) is 25.4 Å². The summed E-state index contributed by atoms with van der Waals surface area (Å²) >= 11 is 6.32. The molecule has 3 aromatic rings. The Hall–Kier alpha value is -3.29. The van der Waals surface area contributed by atoms with Gasteiger partial charge in [0.25, 0.3) is 5.91 Å². The fourth-order valence-corrected chi connectivity index (χ4v) is 4.04. The third-order valence-electron chi connectivity index (χ3n) is 6.09. The van der Waals surface area contributed by atoms with E-state index in [-0.39, 0.29) is 22.2 Å². The van der Waals surface area contributed by atoms with Gasteiger partial charge in [-0.3, -0.25) is 9.79 Å². The van der Waals surface area contributed by atoms with Gasteiger partial charge in [-0.05, 0) is 38.1 Å². The van der Waals surface area contributed by atoms with Gasteiger partial charge in [0.05, 0.1) is 29.3 Å². The smallest absolute Gasteiger partial charge is 0.385 e. The highest BCUT2D eigenvalue weighted by Crippen LogP contribution is 2.41. The molecule has 14 heteroatoms. The Morgan fingerprint density at radius 3 is 2.68 bits per heavy atom. The molecule has 0 radical (unpaired) electrons. The number of methoxy groups -OCH3 is 1. The molecule has 9 nitrogen and oxygen atoms in total. The first-order chi connectivity index (χ1) is 17.3. The van der Waals surface area contributed by atoms with E-state index >= 15 is 0 Å². The van der Waals surface area contributed by atoms with Crippen LogP contribution in [0.3, 0.4) is 0 Å². The molecule has 0 saturated heterocycles. The van der Waals surface area contributed by atoms with Gasteiger partial charge in [-0.15, -0.1) is 0 Å². The van der Waals surface area contributed by atoms with Crippen molar-refractivity contribution < 1.29 is 31.8 Å². The molecular formula is C23H23ClF4N6O3. The van der Waals surface area contributed by atoms with Gasteiger partial charge < -0.3 is 25.1 Å². The van der Waals surface area contributed by atoms with Crippen molar-refractivity contribution in [1.29, 1.82) is 0 Å². The summed E-state index contributed by atoms with van der Waals surface area (Å²) in [6, 6.07) is 5.49. The van der Waals surface area contributed by atoms with Crippen molar-refractivity contribution in [1.82, 2.24) is 14.5 Å². The molecule has 1 aliphatic rings. The molecule has 198 valence electrons. The van der Waals surface area contributed by atoms with E-state index < -0.39 is 41.5 Å². The number of nitrogens with one attached hydrogen (secondary N) is 1. The first kappa shape index (κ1) is 26.8. The average Bonchev–Trinajstić information content (AvgIpc) is 3.21. The number of aromatic nitrogens is 3. The minimum absolute atomic E-state index is 0.0705. The molecule has 1 aliphatic heterocycles. The van der Waals surface area contributed by atoms with Crippen molar-refractivity contribution in [2.75, 3.05) is 25.6 Å². The molecule has 0 saturated carbocycles. The predicted molar refractivity (Wildman–Crippen MR) is 128 cm³/mol. The summed E-state index contributed by atoms with van der Waals surface area (Å²) in [6.07, 6.45) is -3.05. The van der Waals surface area contributed by atoms with Crippen molar-refractivity contribution >= 4 is 40.2 Å². The van der Waals surface area contributed by atoms with Crippen molar-refractivity contribution in [2.45, 2.75) is 37.7 Å². The lowest BCUT2D eigenvalue weighted by Crippen LogP contribution is -2.60. The second kappa shape index (κ2) is 9.54. The normalized spacial score (nSPS) is 22.2. The van der Waals surface area contributed by atoms with Crippen LogP contribution < -0.4 is 11.1 Å². The van der Waals surface area contributed by atoms with E-state index in [9.17, 15) is 22.4 Å². The van der Waals surface area contributed by atoms with Crippen LogP contribution in [0.5, 0.6) is 0 Å². The van der Waals surface area contributed by atoms with E-state index in [1.165, 1.54) is 13.0 Å². The largest absolute Gasteiger partial charge is 0.424 e. The Kier molecular flexibility index (Phi) is 6.90. The molecule has 0 aromatic carbocycles. The van der Waals surface area contributed by atoms with Gasteiger partial charge in [0, 0.05) is 19.9 Å². The van der Waals surface area contributed by atoms with Gasteiger partial charge in [-0.2, -0.15) is 13.2 Å². The molecule has 0 spiro atoms. The number of amidine groups is 1. The van der Waals surface area contributed by atoms with E-state index in [0.29, 0.717) is 24.2 Å². The van der Waals surface area contributed by atoms with Crippen molar-refractivity contribution in [3.05, 3.63) is 52.7 Å². The molecule has 3 N–H and O–H groups in total. The van der Waals surface area contributed by atoms with Crippen molar-refractivity contribution in [3.63, 3.8) is 0 Å². The molecule has 4 rings (SSSR count). The summed E-state index contributed by atoms with van der Waals surface area (Å²) in [7, 11) is 1.58. The van der Waals surface area contributed by atoms with Gasteiger partial charge in [0.1, 0.15) is 34.4 Å². The zero-order chi connectivity index (χ0) is 27.2. The number of aliphatic imine (C=N–C) groups is 1. The number of ether oxygens (including phenoxy) is 2. The highest BCUT2D eigenvalue weighted by molar-refractivity contribution is 6.34. The number of rotatable bonds is 6. The maximum Gasteiger partial charge on any atom is 0.424 e. The summed E-state index contributed by atoms with van der Waals surface area (Å²) < 4.78 is 67.0. The summed E-state index contributed by atoms with van der Waals surface area (Å²) in [5, 5.41) is 2.56. The highest BCUT2D eigenvalue weighted by Gasteiger charge is 2.59. The molecular weight excluding hydrogens is 520 g/mol. The van der Waals surface area contributed by atoms with Crippen LogP contribution in [0, 0.1) is 5.82 Å². The summed E-state index contributed by atoms with van der Waals surface area (Å²) in [5.74, 6) is -2.56. The number of amides is 1. The molecule has 4 heterocycles. The zero-order valence-electron chi connectivity index (χ0n) is 20.0. The number of alkyl halides is 3. The topological polar surface area (TPSA) is 117 Å². The number of carbonyl (C=O) groups is 1. The van der Waals surface area contributed by atoms with Crippen LogP contribution in [0.25, 0.3) is 11.0 Å². The van der Waals surface area contributed by atoms with E-state index in [2.05, 4.69) is 20.3 Å². The van der Waals surface area contributed by atoms with Crippen LogP contribution in [0.4, 0.5) is 23.4 Å². The quantitative estimate of drug-likeness (QED) is 0.454. The predicted octanol–water partition coefficient (Wildman–Crippen LogP) is 4.05. The lowest BCUT2D eigenvalue weighted by atomic mass is 9.93. The second-order valence-corrected chi connectivity index (χ2v) is 9.20. The number of halogens is 5. The summed E-state index contributed by atoms with van der Waals surface area (Å²) in [5.41, 5.74) is 1.86. The molecule has 0 fully saturated rings. The number of fused-ring (bicyclic) bond motifs is 1. The van der Waals surface area contributed by atoms with Gasteiger partial charge in [-0.25, -0.2) is 14.4 Å². The number of hydrogen-bond donors (Lipinski definition) is 2. The van der Waals surface area contributed by atoms with Crippen LogP contribution in [-0.2, 0) is 21.6 Å². The maximum atomic E-state index is 14.7. The molecule has 2 atom stereocenters. The Morgan fingerprint density at radius 2 is 2.03 bits per heavy atom. The Labute approximate surface area is 213 Å². The molecule has 0 aliphatic carbocycles. The number of hydrogen-bond acceptors (Lipinski definition) is 7. The van der Waals surface area contributed by atoms with Crippen LogP contribution >= 0.6 is 11.6 Å². The van der Waals surface area contributed by atoms with Crippen LogP contribution in [-0.4, -0.2) is 58.4 Å². The summed E-state index contributed by atoms with van der Waals surface area (Å²) in [6.45, 7) is 2.44. The second-order valence-electron chi connectivity index (χ2n) is 8.80. The van der Waals surface area contributed by atoms with Crippen LogP contribution in [0.15, 0.2) is 35.5 Å². The fourth-order valence-electron chi connectivity index (χ4n) is 3.81. The van der Waals surface area contributed by atoms with Gasteiger partial charge in [-0.1, -0.05) is 11.6 Å². The van der Waals surface area contributed by atoms with E-state index in [0.717, 1.165) is 13.0 Å². The third kappa shape index (κ3) is 4.86. The number of nitrogens with two attached hydrogens (primary N) is 1. The number of nitrogens with zero attached hydrogens (tertiary/aromatic N) is 4. The molecule has 0 bridgehead atoms. The van der Waals surface area contributed by atoms with Gasteiger partial charge in [0.15, 0.2) is 0 Å². The van der Waals surface area contributed by atoms with E-state index in [4.69, 9.17) is 26.8 Å². The molecule has 0 unspecified atom stereocenters. The van der Waals surface area contributed by atoms with Crippen LogP contribution in [0.1, 0.15) is 30.0 Å². The monoisotopic (exact) mass is 542 g/mol. The standard InChI is InChI=1S/C23H23ClF4N6O3/c1-21(11-37-22(2,20(29)33-21)23(26,27)28)18-13(25)4-5-16(31-18)32-19(35)17-12(24)10-15-14(30-17)6-7-34(15)8-9-36-3/h4-7,10H,8-9,11H2,1-3H3,(H2,29,33)(H,31,32,35)/t21-,22+/m0/s1.